The number of pyridine rings is 1. The minimum absolute atomic E-state index is 0.276. The predicted octanol–water partition coefficient (Wildman–Crippen LogP) is 3.92. The number of nitrogens with one attached hydrogen (secondary N) is 1. The van der Waals surface area contributed by atoms with Crippen LogP contribution in [0.3, 0.4) is 0 Å². The zero-order chi connectivity index (χ0) is 19.5. The van der Waals surface area contributed by atoms with Crippen LogP contribution in [0.4, 0.5) is 10.2 Å². The molecule has 140 valence electrons. The van der Waals surface area contributed by atoms with Crippen LogP contribution in [0.25, 0.3) is 11.3 Å². The molecule has 1 N–H and O–H groups in total. The van der Waals surface area contributed by atoms with Crippen molar-refractivity contribution in [2.24, 2.45) is 7.05 Å². The number of aromatic nitrogens is 5. The van der Waals surface area contributed by atoms with Crippen molar-refractivity contribution in [3.8, 4) is 11.3 Å². The Morgan fingerprint density at radius 2 is 1.75 bits per heavy atom. The second-order valence-electron chi connectivity index (χ2n) is 6.46. The zero-order valence-corrected chi connectivity index (χ0v) is 15.5. The standard InChI is InChI=1S/C21H19FN6/c1-14-24-19(15-7-10-23-11-8-15)13-20(25-14)26-21(18-9-12-28(2)27-18)16-3-5-17(22)6-4-16/h3-13,21H,1-2H3,(H,24,25,26). The van der Waals surface area contributed by atoms with E-state index in [0.717, 1.165) is 22.5 Å². The highest BCUT2D eigenvalue weighted by Gasteiger charge is 2.18. The lowest BCUT2D eigenvalue weighted by atomic mass is 10.0. The molecule has 4 rings (SSSR count). The second-order valence-corrected chi connectivity index (χ2v) is 6.46. The van der Waals surface area contributed by atoms with E-state index in [2.05, 4.69) is 25.4 Å². The molecule has 0 aliphatic rings. The first kappa shape index (κ1) is 17.8. The molecule has 0 bridgehead atoms. The maximum absolute atomic E-state index is 13.4. The first-order chi connectivity index (χ1) is 13.6. The van der Waals surface area contributed by atoms with Crippen LogP contribution in [0.1, 0.15) is 23.1 Å². The van der Waals surface area contributed by atoms with Gasteiger partial charge in [0.1, 0.15) is 17.5 Å². The Labute approximate surface area is 162 Å². The molecule has 1 aromatic carbocycles. The van der Waals surface area contributed by atoms with E-state index in [1.54, 1.807) is 29.2 Å². The van der Waals surface area contributed by atoms with Gasteiger partial charge in [-0.1, -0.05) is 12.1 Å². The fourth-order valence-corrected chi connectivity index (χ4v) is 3.03. The number of benzene rings is 1. The van der Waals surface area contributed by atoms with Crippen molar-refractivity contribution < 1.29 is 4.39 Å². The lowest BCUT2D eigenvalue weighted by Gasteiger charge is -2.19. The molecule has 0 aliphatic heterocycles. The van der Waals surface area contributed by atoms with Crippen molar-refractivity contribution in [1.29, 1.82) is 0 Å². The normalized spacial score (nSPS) is 12.0. The van der Waals surface area contributed by atoms with Gasteiger partial charge >= 0.3 is 0 Å². The molecule has 3 aromatic heterocycles. The summed E-state index contributed by atoms with van der Waals surface area (Å²) >= 11 is 0. The number of halogens is 1. The molecule has 0 spiro atoms. The second kappa shape index (κ2) is 7.56. The van der Waals surface area contributed by atoms with Crippen molar-refractivity contribution in [2.75, 3.05) is 5.32 Å². The zero-order valence-electron chi connectivity index (χ0n) is 15.5. The van der Waals surface area contributed by atoms with E-state index in [4.69, 9.17) is 0 Å². The van der Waals surface area contributed by atoms with Gasteiger partial charge < -0.3 is 5.32 Å². The summed E-state index contributed by atoms with van der Waals surface area (Å²) in [5, 5.41) is 7.95. The highest BCUT2D eigenvalue weighted by molar-refractivity contribution is 5.62. The highest BCUT2D eigenvalue weighted by atomic mass is 19.1. The van der Waals surface area contributed by atoms with Crippen LogP contribution >= 0.6 is 0 Å². The van der Waals surface area contributed by atoms with Crippen molar-refractivity contribution in [3.05, 3.63) is 90.0 Å². The van der Waals surface area contributed by atoms with Gasteiger partial charge in [-0.2, -0.15) is 5.10 Å². The summed E-state index contributed by atoms with van der Waals surface area (Å²) in [5.74, 6) is 1.04. The van der Waals surface area contributed by atoms with Crippen LogP contribution in [0, 0.1) is 12.7 Å². The van der Waals surface area contributed by atoms with E-state index < -0.39 is 0 Å². The van der Waals surface area contributed by atoms with Gasteiger partial charge in [-0.15, -0.1) is 0 Å². The average molecular weight is 374 g/mol. The summed E-state index contributed by atoms with van der Waals surface area (Å²) in [6, 6.07) is 13.7. The quantitative estimate of drug-likeness (QED) is 0.573. The SMILES string of the molecule is Cc1nc(NC(c2ccc(F)cc2)c2ccn(C)n2)cc(-c2ccncc2)n1. The number of hydrogen-bond acceptors (Lipinski definition) is 5. The summed E-state index contributed by atoms with van der Waals surface area (Å²) in [5.41, 5.74) is 3.47. The van der Waals surface area contributed by atoms with Gasteiger partial charge in [-0.05, 0) is 42.8 Å². The molecule has 0 saturated heterocycles. The van der Waals surface area contributed by atoms with E-state index in [0.29, 0.717) is 11.6 Å². The summed E-state index contributed by atoms with van der Waals surface area (Å²) < 4.78 is 15.1. The van der Waals surface area contributed by atoms with E-state index in [1.807, 2.05) is 44.4 Å². The molecule has 0 saturated carbocycles. The van der Waals surface area contributed by atoms with Crippen LogP contribution in [-0.4, -0.2) is 24.7 Å². The molecule has 28 heavy (non-hydrogen) atoms. The molecule has 7 heteroatoms. The lowest BCUT2D eigenvalue weighted by Crippen LogP contribution is -2.15. The lowest BCUT2D eigenvalue weighted by molar-refractivity contribution is 0.626. The van der Waals surface area contributed by atoms with Crippen molar-refractivity contribution in [1.82, 2.24) is 24.7 Å². The monoisotopic (exact) mass is 374 g/mol. The largest absolute Gasteiger partial charge is 0.357 e. The summed E-state index contributed by atoms with van der Waals surface area (Å²) in [7, 11) is 1.86. The van der Waals surface area contributed by atoms with Crippen LogP contribution in [-0.2, 0) is 7.05 Å². The summed E-state index contributed by atoms with van der Waals surface area (Å²) in [6.07, 6.45) is 5.34. The maximum atomic E-state index is 13.4. The smallest absolute Gasteiger partial charge is 0.131 e. The van der Waals surface area contributed by atoms with E-state index in [9.17, 15) is 4.39 Å². The topological polar surface area (TPSA) is 68.5 Å². The minimum Gasteiger partial charge on any atom is -0.357 e. The maximum Gasteiger partial charge on any atom is 0.131 e. The minimum atomic E-state index is -0.277. The molecule has 0 radical (unpaired) electrons. The molecule has 3 heterocycles. The van der Waals surface area contributed by atoms with Gasteiger partial charge in [0.2, 0.25) is 0 Å². The Morgan fingerprint density at radius 1 is 1.00 bits per heavy atom. The number of nitrogens with zero attached hydrogens (tertiary/aromatic N) is 5. The molecule has 6 nitrogen and oxygen atoms in total. The van der Waals surface area contributed by atoms with E-state index >= 15 is 0 Å². The molecular formula is C21H19FN6. The molecule has 0 aliphatic carbocycles. The molecule has 1 atom stereocenters. The Hall–Kier alpha value is -3.61. The number of anilines is 1. The van der Waals surface area contributed by atoms with Gasteiger partial charge in [0.25, 0.3) is 0 Å². The summed E-state index contributed by atoms with van der Waals surface area (Å²) in [4.78, 5) is 13.1. The Bertz CT molecular complexity index is 1080. The van der Waals surface area contributed by atoms with Crippen molar-refractivity contribution in [3.63, 3.8) is 0 Å². The molecule has 4 aromatic rings. The fourth-order valence-electron chi connectivity index (χ4n) is 3.03. The molecule has 0 fully saturated rings. The fraction of sp³-hybridized carbons (Fsp3) is 0.143. The van der Waals surface area contributed by atoms with Crippen LogP contribution < -0.4 is 5.32 Å². The first-order valence-electron chi connectivity index (χ1n) is 8.86. The number of aryl methyl sites for hydroxylation is 2. The molecular weight excluding hydrogens is 355 g/mol. The van der Waals surface area contributed by atoms with E-state index in [-0.39, 0.29) is 11.9 Å². The third-order valence-electron chi connectivity index (χ3n) is 4.34. The number of rotatable bonds is 5. The highest BCUT2D eigenvalue weighted by Crippen LogP contribution is 2.27. The molecule has 0 amide bonds. The van der Waals surface area contributed by atoms with Crippen molar-refractivity contribution in [2.45, 2.75) is 13.0 Å². The van der Waals surface area contributed by atoms with Crippen LogP contribution in [0.5, 0.6) is 0 Å². The Kier molecular flexibility index (Phi) is 4.80. The van der Waals surface area contributed by atoms with Gasteiger partial charge in [0.05, 0.1) is 17.4 Å². The third-order valence-corrected chi connectivity index (χ3v) is 4.34. The first-order valence-corrected chi connectivity index (χ1v) is 8.86. The summed E-state index contributed by atoms with van der Waals surface area (Å²) in [6.45, 7) is 1.85. The van der Waals surface area contributed by atoms with Gasteiger partial charge in [0.15, 0.2) is 0 Å². The van der Waals surface area contributed by atoms with E-state index in [1.165, 1.54) is 12.1 Å². The van der Waals surface area contributed by atoms with Gasteiger partial charge in [-0.3, -0.25) is 9.67 Å². The Morgan fingerprint density at radius 3 is 2.43 bits per heavy atom. The number of hydrogen-bond donors (Lipinski definition) is 1. The van der Waals surface area contributed by atoms with Crippen LogP contribution in [0.2, 0.25) is 0 Å². The van der Waals surface area contributed by atoms with Gasteiger partial charge in [0, 0.05) is 37.3 Å². The van der Waals surface area contributed by atoms with Gasteiger partial charge in [-0.25, -0.2) is 14.4 Å². The third kappa shape index (κ3) is 3.88. The molecule has 1 unspecified atom stereocenters. The van der Waals surface area contributed by atoms with Crippen molar-refractivity contribution >= 4 is 5.82 Å². The van der Waals surface area contributed by atoms with Crippen LogP contribution in [0.15, 0.2) is 67.1 Å². The average Bonchev–Trinajstić information content (AvgIpc) is 3.13. The predicted molar refractivity (Wildman–Crippen MR) is 105 cm³/mol. The Balaban J connectivity index is 1.73.